The molecule has 0 radical (unpaired) electrons. The van der Waals surface area contributed by atoms with Gasteiger partial charge in [0.05, 0.1) is 25.0 Å². The van der Waals surface area contributed by atoms with E-state index in [0.29, 0.717) is 34.1 Å². The highest BCUT2D eigenvalue weighted by molar-refractivity contribution is 6.53. The van der Waals surface area contributed by atoms with Gasteiger partial charge in [0.25, 0.3) is 17.7 Å². The minimum Gasteiger partial charge on any atom is -0.495 e. The number of halogens is 2. The number of benzene rings is 3. The number of nitrogens with one attached hydrogen (secondary N) is 2. The molecule has 0 bridgehead atoms. The highest BCUT2D eigenvalue weighted by Crippen LogP contribution is 2.37. The lowest BCUT2D eigenvalue weighted by Crippen LogP contribution is -2.32. The van der Waals surface area contributed by atoms with Crippen LogP contribution in [0.1, 0.15) is 40.5 Å². The molecule has 206 valence electrons. The Bertz CT molecular complexity index is 1500. The first-order valence-corrected chi connectivity index (χ1v) is 13.1. The number of hydrogen-bond donors (Lipinski definition) is 2. The summed E-state index contributed by atoms with van der Waals surface area (Å²) in [5.74, 6) is -2.02. The van der Waals surface area contributed by atoms with Crippen molar-refractivity contribution in [1.29, 1.82) is 0 Å². The number of rotatable bonds is 10. The summed E-state index contributed by atoms with van der Waals surface area (Å²) in [6.07, 6.45) is 1.68. The molecule has 3 amide bonds. The zero-order valence-corrected chi connectivity index (χ0v) is 23.1. The molecule has 1 aliphatic heterocycles. The van der Waals surface area contributed by atoms with E-state index < -0.39 is 23.7 Å². The number of carbonyl (C=O) groups excluding carboxylic acids is 4. The van der Waals surface area contributed by atoms with Crippen molar-refractivity contribution in [3.05, 3.63) is 93.6 Å². The van der Waals surface area contributed by atoms with Gasteiger partial charge < -0.3 is 20.1 Å². The Morgan fingerprint density at radius 2 is 1.65 bits per heavy atom. The van der Waals surface area contributed by atoms with E-state index in [9.17, 15) is 19.2 Å². The summed E-state index contributed by atoms with van der Waals surface area (Å²) >= 11 is 12.3. The minimum absolute atomic E-state index is 0.131. The molecule has 0 unspecified atom stereocenters. The Labute approximate surface area is 240 Å². The lowest BCUT2D eigenvalue weighted by molar-refractivity contribution is -0.120. The van der Waals surface area contributed by atoms with Gasteiger partial charge >= 0.3 is 5.97 Å². The maximum Gasteiger partial charge on any atom is 0.338 e. The van der Waals surface area contributed by atoms with Crippen LogP contribution < -0.4 is 20.3 Å². The van der Waals surface area contributed by atoms with Gasteiger partial charge in [0.15, 0.2) is 0 Å². The molecule has 0 saturated carbocycles. The lowest BCUT2D eigenvalue weighted by Gasteiger charge is -2.18. The van der Waals surface area contributed by atoms with Crippen molar-refractivity contribution in [3.63, 3.8) is 0 Å². The summed E-state index contributed by atoms with van der Waals surface area (Å²) in [4.78, 5) is 51.9. The molecule has 0 aromatic heterocycles. The van der Waals surface area contributed by atoms with Gasteiger partial charge in [0.2, 0.25) is 0 Å². The van der Waals surface area contributed by atoms with Crippen LogP contribution in [0.2, 0.25) is 5.02 Å². The van der Waals surface area contributed by atoms with Crippen molar-refractivity contribution in [2.24, 2.45) is 0 Å². The molecule has 40 heavy (non-hydrogen) atoms. The molecule has 0 fully saturated rings. The zero-order chi connectivity index (χ0) is 28.8. The normalized spacial score (nSPS) is 12.9. The molecule has 9 nitrogen and oxygen atoms in total. The van der Waals surface area contributed by atoms with Crippen LogP contribution in [0.15, 0.2) is 77.5 Å². The molecule has 0 spiro atoms. The first kappa shape index (κ1) is 28.7. The third-order valence-corrected chi connectivity index (χ3v) is 6.50. The molecule has 0 atom stereocenters. The Kier molecular flexibility index (Phi) is 9.08. The Morgan fingerprint density at radius 1 is 0.900 bits per heavy atom. The lowest BCUT2D eigenvalue weighted by atomic mass is 10.1. The summed E-state index contributed by atoms with van der Waals surface area (Å²) in [7, 11) is 1.41. The molecule has 0 saturated heterocycles. The molecular formula is C29H25Cl2N3O6. The quantitative estimate of drug-likeness (QED) is 0.171. The van der Waals surface area contributed by atoms with Crippen molar-refractivity contribution in [3.8, 4) is 5.75 Å². The first-order chi connectivity index (χ1) is 19.2. The molecule has 4 rings (SSSR count). The second kappa shape index (κ2) is 12.7. The summed E-state index contributed by atoms with van der Waals surface area (Å²) in [5, 5.41) is 5.61. The summed E-state index contributed by atoms with van der Waals surface area (Å²) in [6, 6.07) is 17.2. The minimum atomic E-state index is -0.734. The van der Waals surface area contributed by atoms with Crippen molar-refractivity contribution in [1.82, 2.24) is 0 Å². The van der Waals surface area contributed by atoms with Crippen LogP contribution in [0.25, 0.3) is 0 Å². The number of carbonyl (C=O) groups is 4. The van der Waals surface area contributed by atoms with Gasteiger partial charge in [-0.3, -0.25) is 14.4 Å². The summed E-state index contributed by atoms with van der Waals surface area (Å²) < 4.78 is 10.5. The SMILES string of the molecule is CCCCOC(=O)c1cccc(NC(=O)c2ccc(NC3=C(Cl)C(=O)N(c4cc(Cl)ccc4OC)C3=O)cc2)c1. The Balaban J connectivity index is 1.44. The number of amides is 3. The maximum absolute atomic E-state index is 13.1. The van der Waals surface area contributed by atoms with Gasteiger partial charge in [-0.1, -0.05) is 42.6 Å². The van der Waals surface area contributed by atoms with Crippen LogP contribution in [0.5, 0.6) is 5.75 Å². The third kappa shape index (κ3) is 6.27. The van der Waals surface area contributed by atoms with E-state index in [0.717, 1.165) is 17.7 Å². The van der Waals surface area contributed by atoms with E-state index >= 15 is 0 Å². The fourth-order valence-corrected chi connectivity index (χ4v) is 4.22. The number of ether oxygens (including phenoxy) is 2. The molecule has 0 aliphatic carbocycles. The predicted octanol–water partition coefficient (Wildman–Crippen LogP) is 5.99. The van der Waals surface area contributed by atoms with E-state index in [-0.39, 0.29) is 22.2 Å². The third-order valence-electron chi connectivity index (χ3n) is 5.91. The predicted molar refractivity (Wildman–Crippen MR) is 153 cm³/mol. The van der Waals surface area contributed by atoms with Gasteiger partial charge in [-0.2, -0.15) is 0 Å². The maximum atomic E-state index is 13.1. The number of hydrogen-bond acceptors (Lipinski definition) is 7. The number of nitrogens with zero attached hydrogens (tertiary/aromatic N) is 1. The summed E-state index contributed by atoms with van der Waals surface area (Å²) in [6.45, 7) is 2.34. The topological polar surface area (TPSA) is 114 Å². The molecule has 2 N–H and O–H groups in total. The molecule has 3 aromatic rings. The number of imide groups is 1. The largest absolute Gasteiger partial charge is 0.495 e. The van der Waals surface area contributed by atoms with Gasteiger partial charge in [-0.15, -0.1) is 0 Å². The molecule has 1 heterocycles. The van der Waals surface area contributed by atoms with E-state index in [1.54, 1.807) is 42.5 Å². The average molecular weight is 582 g/mol. The standard InChI is InChI=1S/C29H25Cl2N3O6/c1-3-4-14-40-29(38)18-6-5-7-21(15-18)33-26(35)17-8-11-20(12-9-17)32-25-24(31)27(36)34(28(25)37)22-16-19(30)10-13-23(22)39-2/h5-13,15-16,32H,3-4,14H2,1-2H3,(H,33,35). The Hall–Kier alpha value is -4.34. The van der Waals surface area contributed by atoms with Crippen molar-refractivity contribution in [2.75, 3.05) is 29.3 Å². The van der Waals surface area contributed by atoms with Crippen LogP contribution in [-0.4, -0.2) is 37.4 Å². The van der Waals surface area contributed by atoms with E-state index in [1.165, 1.54) is 31.4 Å². The van der Waals surface area contributed by atoms with E-state index in [2.05, 4.69) is 10.6 Å². The van der Waals surface area contributed by atoms with Crippen molar-refractivity contribution >= 4 is 64.0 Å². The Morgan fingerprint density at radius 3 is 2.35 bits per heavy atom. The van der Waals surface area contributed by atoms with Crippen molar-refractivity contribution in [2.45, 2.75) is 19.8 Å². The van der Waals surface area contributed by atoms with Crippen molar-refractivity contribution < 1.29 is 28.7 Å². The highest BCUT2D eigenvalue weighted by Gasteiger charge is 2.40. The fraction of sp³-hybridized carbons (Fsp3) is 0.172. The van der Waals surface area contributed by atoms with E-state index in [4.69, 9.17) is 32.7 Å². The first-order valence-electron chi connectivity index (χ1n) is 12.3. The summed E-state index contributed by atoms with van der Waals surface area (Å²) in [5.41, 5.74) is 1.53. The number of esters is 1. The molecular weight excluding hydrogens is 557 g/mol. The van der Waals surface area contributed by atoms with Crippen LogP contribution in [0.4, 0.5) is 17.1 Å². The fourth-order valence-electron chi connectivity index (χ4n) is 3.84. The van der Waals surface area contributed by atoms with E-state index in [1.807, 2.05) is 6.92 Å². The number of methoxy groups -OCH3 is 1. The van der Waals surface area contributed by atoms with Crippen LogP contribution >= 0.6 is 23.2 Å². The van der Waals surface area contributed by atoms with Gasteiger partial charge in [-0.25, -0.2) is 9.69 Å². The van der Waals surface area contributed by atoms with Gasteiger partial charge in [0, 0.05) is 22.0 Å². The molecule has 11 heteroatoms. The van der Waals surface area contributed by atoms with Crippen LogP contribution in [-0.2, 0) is 14.3 Å². The van der Waals surface area contributed by atoms with Crippen LogP contribution in [0, 0.1) is 0 Å². The molecule has 3 aromatic carbocycles. The van der Waals surface area contributed by atoms with Gasteiger partial charge in [-0.05, 0) is 67.1 Å². The second-order valence-electron chi connectivity index (χ2n) is 8.68. The average Bonchev–Trinajstić information content (AvgIpc) is 3.16. The smallest absolute Gasteiger partial charge is 0.338 e. The van der Waals surface area contributed by atoms with Crippen LogP contribution in [0.3, 0.4) is 0 Å². The monoisotopic (exact) mass is 581 g/mol. The zero-order valence-electron chi connectivity index (χ0n) is 21.6. The second-order valence-corrected chi connectivity index (χ2v) is 9.49. The highest BCUT2D eigenvalue weighted by atomic mass is 35.5. The number of anilines is 3. The molecule has 1 aliphatic rings. The number of unbranched alkanes of at least 4 members (excludes halogenated alkanes) is 1. The van der Waals surface area contributed by atoms with Gasteiger partial charge in [0.1, 0.15) is 16.5 Å².